The van der Waals surface area contributed by atoms with Gasteiger partial charge in [-0.3, -0.25) is 4.79 Å². The van der Waals surface area contributed by atoms with Crippen LogP contribution in [0.25, 0.3) is 22.5 Å². The average Bonchev–Trinajstić information content (AvgIpc) is 2.96. The molecule has 102 valence electrons. The van der Waals surface area contributed by atoms with Crippen LogP contribution in [0, 0.1) is 0 Å². The summed E-state index contributed by atoms with van der Waals surface area (Å²) in [4.78, 5) is 12.5. The maximum atomic E-state index is 12.5. The van der Waals surface area contributed by atoms with Crippen LogP contribution in [-0.2, 0) is 0 Å². The van der Waals surface area contributed by atoms with Crippen LogP contribution in [0.5, 0.6) is 5.75 Å². The molecule has 0 unspecified atom stereocenters. The highest BCUT2D eigenvalue weighted by molar-refractivity contribution is 6.31. The van der Waals surface area contributed by atoms with Crippen LogP contribution >= 0.6 is 11.6 Å². The van der Waals surface area contributed by atoms with E-state index in [1.165, 1.54) is 6.26 Å². The molecule has 0 aliphatic heterocycles. The number of rotatable bonds is 3. The SMILES string of the molecule is CCOc1c(-c2ccco2)oc2ccc(Cl)cc2c1=O. The van der Waals surface area contributed by atoms with E-state index in [1.807, 2.05) is 0 Å². The molecule has 0 fully saturated rings. The Bertz CT molecular complexity index is 803. The van der Waals surface area contributed by atoms with Crippen molar-refractivity contribution in [1.29, 1.82) is 0 Å². The van der Waals surface area contributed by atoms with Crippen molar-refractivity contribution in [2.24, 2.45) is 0 Å². The number of fused-ring (bicyclic) bond motifs is 1. The molecule has 1 aromatic carbocycles. The smallest absolute Gasteiger partial charge is 0.235 e. The number of benzene rings is 1. The van der Waals surface area contributed by atoms with E-state index < -0.39 is 0 Å². The Morgan fingerprint density at radius 3 is 2.85 bits per heavy atom. The lowest BCUT2D eigenvalue weighted by molar-refractivity contribution is 0.328. The van der Waals surface area contributed by atoms with Crippen molar-refractivity contribution in [2.45, 2.75) is 6.92 Å². The number of furan rings is 1. The van der Waals surface area contributed by atoms with Gasteiger partial charge in [-0.1, -0.05) is 11.6 Å². The van der Waals surface area contributed by atoms with Crippen LogP contribution in [0.15, 0.2) is 50.2 Å². The molecule has 2 heterocycles. The highest BCUT2D eigenvalue weighted by Crippen LogP contribution is 2.31. The zero-order chi connectivity index (χ0) is 14.1. The van der Waals surface area contributed by atoms with E-state index in [2.05, 4.69) is 0 Å². The second kappa shape index (κ2) is 5.06. The lowest BCUT2D eigenvalue weighted by Crippen LogP contribution is -2.09. The molecule has 0 spiro atoms. The second-order valence-corrected chi connectivity index (χ2v) is 4.58. The Hall–Kier alpha value is -2.20. The molecular weight excluding hydrogens is 280 g/mol. The van der Waals surface area contributed by atoms with Crippen LogP contribution < -0.4 is 10.2 Å². The predicted molar refractivity (Wildman–Crippen MR) is 76.4 cm³/mol. The molecule has 5 heteroatoms. The maximum Gasteiger partial charge on any atom is 0.235 e. The Kier molecular flexibility index (Phi) is 3.24. The summed E-state index contributed by atoms with van der Waals surface area (Å²) in [6, 6.07) is 8.32. The quantitative estimate of drug-likeness (QED) is 0.728. The molecule has 0 N–H and O–H groups in total. The van der Waals surface area contributed by atoms with Crippen LogP contribution in [0.1, 0.15) is 6.92 Å². The van der Waals surface area contributed by atoms with Gasteiger partial charge in [-0.15, -0.1) is 0 Å². The van der Waals surface area contributed by atoms with Crippen LogP contribution in [0.3, 0.4) is 0 Å². The van der Waals surface area contributed by atoms with E-state index in [1.54, 1.807) is 37.3 Å². The number of ether oxygens (including phenoxy) is 1. The van der Waals surface area contributed by atoms with Gasteiger partial charge in [-0.25, -0.2) is 0 Å². The zero-order valence-electron chi connectivity index (χ0n) is 10.7. The predicted octanol–water partition coefficient (Wildman–Crippen LogP) is 4.11. The third-order valence-electron chi connectivity index (χ3n) is 2.84. The van der Waals surface area contributed by atoms with Gasteiger partial charge >= 0.3 is 0 Å². The summed E-state index contributed by atoms with van der Waals surface area (Å²) in [5.74, 6) is 0.872. The highest BCUT2D eigenvalue weighted by Gasteiger charge is 2.19. The Morgan fingerprint density at radius 2 is 2.15 bits per heavy atom. The van der Waals surface area contributed by atoms with Gasteiger partial charge in [0.1, 0.15) is 5.58 Å². The van der Waals surface area contributed by atoms with Gasteiger partial charge in [0.05, 0.1) is 18.3 Å². The lowest BCUT2D eigenvalue weighted by atomic mass is 10.2. The molecule has 0 saturated heterocycles. The summed E-state index contributed by atoms with van der Waals surface area (Å²) in [5, 5.41) is 0.856. The fraction of sp³-hybridized carbons (Fsp3) is 0.133. The summed E-state index contributed by atoms with van der Waals surface area (Å²) in [7, 11) is 0. The van der Waals surface area contributed by atoms with Gasteiger partial charge in [0, 0.05) is 5.02 Å². The van der Waals surface area contributed by atoms with E-state index in [0.29, 0.717) is 28.4 Å². The molecule has 0 bridgehead atoms. The molecular formula is C15H11ClO4. The van der Waals surface area contributed by atoms with Gasteiger partial charge in [-0.05, 0) is 37.3 Å². The number of halogens is 1. The Morgan fingerprint density at radius 1 is 1.30 bits per heavy atom. The molecule has 0 radical (unpaired) electrons. The normalized spacial score (nSPS) is 10.9. The minimum absolute atomic E-state index is 0.136. The largest absolute Gasteiger partial charge is 0.486 e. The van der Waals surface area contributed by atoms with E-state index in [-0.39, 0.29) is 16.9 Å². The van der Waals surface area contributed by atoms with E-state index >= 15 is 0 Å². The molecule has 0 saturated carbocycles. The molecule has 0 aliphatic carbocycles. The van der Waals surface area contributed by atoms with Crippen molar-refractivity contribution in [2.75, 3.05) is 6.61 Å². The fourth-order valence-corrected chi connectivity index (χ4v) is 2.17. The Labute approximate surface area is 119 Å². The van der Waals surface area contributed by atoms with Gasteiger partial charge in [0.25, 0.3) is 0 Å². The van der Waals surface area contributed by atoms with Gasteiger partial charge in [-0.2, -0.15) is 0 Å². The molecule has 20 heavy (non-hydrogen) atoms. The number of hydrogen-bond acceptors (Lipinski definition) is 4. The van der Waals surface area contributed by atoms with Crippen LogP contribution in [0.4, 0.5) is 0 Å². The number of hydrogen-bond donors (Lipinski definition) is 0. The van der Waals surface area contributed by atoms with E-state index in [0.717, 1.165) is 0 Å². The second-order valence-electron chi connectivity index (χ2n) is 4.14. The standard InChI is InChI=1S/C15H11ClO4/c1-2-18-15-13(17)10-8-9(16)5-6-11(10)20-14(15)12-4-3-7-19-12/h3-8H,2H2,1H3. The summed E-state index contributed by atoms with van der Waals surface area (Å²) in [6.45, 7) is 2.15. The van der Waals surface area contributed by atoms with Crippen molar-refractivity contribution in [3.8, 4) is 17.3 Å². The van der Waals surface area contributed by atoms with Gasteiger partial charge in [0.15, 0.2) is 5.76 Å². The molecule has 3 rings (SSSR count). The molecule has 3 aromatic rings. The zero-order valence-corrected chi connectivity index (χ0v) is 11.4. The van der Waals surface area contributed by atoms with Crippen molar-refractivity contribution in [3.05, 3.63) is 51.8 Å². The third-order valence-corrected chi connectivity index (χ3v) is 3.08. The van der Waals surface area contributed by atoms with Crippen molar-refractivity contribution >= 4 is 22.6 Å². The summed E-state index contributed by atoms with van der Waals surface area (Å²) in [6.07, 6.45) is 1.51. The molecule has 2 aromatic heterocycles. The molecule has 4 nitrogen and oxygen atoms in total. The summed E-state index contributed by atoms with van der Waals surface area (Å²) in [5.41, 5.74) is 0.177. The van der Waals surface area contributed by atoms with Crippen molar-refractivity contribution in [3.63, 3.8) is 0 Å². The van der Waals surface area contributed by atoms with Crippen LogP contribution in [0.2, 0.25) is 5.02 Å². The van der Waals surface area contributed by atoms with Crippen LogP contribution in [-0.4, -0.2) is 6.61 Å². The first-order chi connectivity index (χ1) is 9.70. The van der Waals surface area contributed by atoms with Gasteiger partial charge in [0.2, 0.25) is 16.9 Å². The molecule has 0 aliphatic rings. The average molecular weight is 291 g/mol. The minimum Gasteiger partial charge on any atom is -0.486 e. The first-order valence-electron chi connectivity index (χ1n) is 6.13. The highest BCUT2D eigenvalue weighted by atomic mass is 35.5. The Balaban J connectivity index is 2.36. The van der Waals surface area contributed by atoms with E-state index in [4.69, 9.17) is 25.2 Å². The fourth-order valence-electron chi connectivity index (χ4n) is 2.00. The van der Waals surface area contributed by atoms with Gasteiger partial charge < -0.3 is 13.6 Å². The summed E-state index contributed by atoms with van der Waals surface area (Å²) < 4.78 is 16.5. The van der Waals surface area contributed by atoms with Crippen molar-refractivity contribution in [1.82, 2.24) is 0 Å². The monoisotopic (exact) mass is 290 g/mol. The first kappa shape index (κ1) is 12.8. The summed E-state index contributed by atoms with van der Waals surface area (Å²) >= 11 is 5.92. The van der Waals surface area contributed by atoms with Crippen molar-refractivity contribution < 1.29 is 13.6 Å². The minimum atomic E-state index is -0.262. The lowest BCUT2D eigenvalue weighted by Gasteiger charge is -2.08. The maximum absolute atomic E-state index is 12.5. The first-order valence-corrected chi connectivity index (χ1v) is 6.51. The molecule has 0 amide bonds. The third kappa shape index (κ3) is 2.08. The van der Waals surface area contributed by atoms with E-state index in [9.17, 15) is 4.79 Å². The molecule has 0 atom stereocenters. The topological polar surface area (TPSA) is 52.6 Å².